The van der Waals surface area contributed by atoms with Crippen molar-refractivity contribution in [3.63, 3.8) is 0 Å². The Bertz CT molecular complexity index is 331. The third-order valence-corrected chi connectivity index (χ3v) is 2.83. The predicted molar refractivity (Wildman–Crippen MR) is 65.7 cm³/mol. The maximum Gasteiger partial charge on any atom is 0.120 e. The number of aliphatic hydroxyl groups is 1. The van der Waals surface area contributed by atoms with Crippen LogP contribution in [0.4, 0.5) is 0 Å². The quantitative estimate of drug-likeness (QED) is 0.719. The molecule has 1 aromatic rings. The van der Waals surface area contributed by atoms with Crippen molar-refractivity contribution >= 4 is 11.6 Å². The molecule has 16 heavy (non-hydrogen) atoms. The lowest BCUT2D eigenvalue weighted by molar-refractivity contribution is 0.261. The van der Waals surface area contributed by atoms with E-state index in [1.807, 2.05) is 0 Å². The zero-order chi connectivity index (χ0) is 12.0. The van der Waals surface area contributed by atoms with Gasteiger partial charge in [-0.05, 0) is 31.0 Å². The number of nitrogens with one attached hydrogen (secondary N) is 1. The minimum absolute atomic E-state index is 0.174. The molecule has 3 N–H and O–H groups in total. The van der Waals surface area contributed by atoms with E-state index in [1.165, 1.54) is 0 Å². The average molecular weight is 244 g/mol. The van der Waals surface area contributed by atoms with Crippen LogP contribution in [-0.4, -0.2) is 22.9 Å². The molecule has 0 aliphatic carbocycles. The number of benzene rings is 1. The molecular weight excluding hydrogens is 226 g/mol. The maximum atomic E-state index is 9.60. The van der Waals surface area contributed by atoms with Crippen molar-refractivity contribution in [1.29, 1.82) is 0 Å². The van der Waals surface area contributed by atoms with Crippen LogP contribution in [0.3, 0.4) is 0 Å². The lowest BCUT2D eigenvalue weighted by Crippen LogP contribution is -2.28. The summed E-state index contributed by atoms with van der Waals surface area (Å²) in [4.78, 5) is 0. The van der Waals surface area contributed by atoms with Crippen molar-refractivity contribution in [2.45, 2.75) is 32.4 Å². The normalized spacial score (nSPS) is 12.7. The highest BCUT2D eigenvalue weighted by Crippen LogP contribution is 2.21. The number of rotatable bonds is 6. The van der Waals surface area contributed by atoms with Gasteiger partial charge < -0.3 is 15.5 Å². The summed E-state index contributed by atoms with van der Waals surface area (Å²) in [6.45, 7) is 2.79. The monoisotopic (exact) mass is 243 g/mol. The summed E-state index contributed by atoms with van der Waals surface area (Å²) in [5, 5.41) is 22.3. The van der Waals surface area contributed by atoms with Crippen molar-refractivity contribution in [3.8, 4) is 5.75 Å². The summed E-state index contributed by atoms with van der Waals surface area (Å²) in [6, 6.07) is 5.26. The zero-order valence-electron chi connectivity index (χ0n) is 9.41. The summed E-state index contributed by atoms with van der Waals surface area (Å²) in [7, 11) is 0. The fraction of sp³-hybridized carbons (Fsp3) is 0.500. The second kappa shape index (κ2) is 6.74. The average Bonchev–Trinajstić information content (AvgIpc) is 2.28. The Kier molecular flexibility index (Phi) is 5.60. The lowest BCUT2D eigenvalue weighted by atomic mass is 10.1. The molecule has 90 valence electrons. The lowest BCUT2D eigenvalue weighted by Gasteiger charge is -2.16. The smallest absolute Gasteiger partial charge is 0.120 e. The molecule has 0 radical (unpaired) electrons. The summed E-state index contributed by atoms with van der Waals surface area (Å²) in [5.41, 5.74) is 0.781. The molecule has 0 bridgehead atoms. The molecule has 1 rings (SSSR count). The molecule has 0 saturated heterocycles. The second-order valence-corrected chi connectivity index (χ2v) is 4.21. The van der Waals surface area contributed by atoms with E-state index in [0.29, 0.717) is 11.6 Å². The molecule has 1 atom stereocenters. The Balaban J connectivity index is 2.55. The van der Waals surface area contributed by atoms with Gasteiger partial charge in [-0.3, -0.25) is 0 Å². The first-order chi connectivity index (χ1) is 7.67. The van der Waals surface area contributed by atoms with Crippen LogP contribution in [0.1, 0.15) is 25.3 Å². The van der Waals surface area contributed by atoms with Gasteiger partial charge in [0.25, 0.3) is 0 Å². The first kappa shape index (κ1) is 13.3. The summed E-state index contributed by atoms with van der Waals surface area (Å²) >= 11 is 5.85. The summed E-state index contributed by atoms with van der Waals surface area (Å²) in [5.74, 6) is 0.246. The van der Waals surface area contributed by atoms with E-state index in [1.54, 1.807) is 18.2 Å². The molecule has 0 spiro atoms. The van der Waals surface area contributed by atoms with Crippen molar-refractivity contribution in [1.82, 2.24) is 5.32 Å². The van der Waals surface area contributed by atoms with Crippen LogP contribution < -0.4 is 5.32 Å². The van der Waals surface area contributed by atoms with Crippen LogP contribution >= 0.6 is 11.6 Å². The Hall–Kier alpha value is -0.770. The Morgan fingerprint density at radius 2 is 2.19 bits per heavy atom. The first-order valence-corrected chi connectivity index (χ1v) is 5.86. The molecule has 0 heterocycles. The fourth-order valence-electron chi connectivity index (χ4n) is 1.56. The number of aliphatic hydroxyl groups excluding tert-OH is 1. The number of hydrogen-bond acceptors (Lipinski definition) is 3. The van der Waals surface area contributed by atoms with Gasteiger partial charge in [0.1, 0.15) is 5.75 Å². The summed E-state index contributed by atoms with van der Waals surface area (Å²) < 4.78 is 0. The summed E-state index contributed by atoms with van der Waals surface area (Å²) in [6.07, 6.45) is 1.67. The molecule has 1 aromatic carbocycles. The van der Waals surface area contributed by atoms with Gasteiger partial charge in [-0.1, -0.05) is 18.5 Å². The SMILES string of the molecule is CCC(CCO)NCc1cc(Cl)ccc1O. The minimum Gasteiger partial charge on any atom is -0.508 e. The van der Waals surface area contributed by atoms with Crippen LogP contribution in [0.25, 0.3) is 0 Å². The van der Waals surface area contributed by atoms with E-state index in [0.717, 1.165) is 18.4 Å². The van der Waals surface area contributed by atoms with E-state index < -0.39 is 0 Å². The van der Waals surface area contributed by atoms with Gasteiger partial charge in [-0.15, -0.1) is 0 Å². The molecule has 0 aromatic heterocycles. The van der Waals surface area contributed by atoms with Crippen molar-refractivity contribution in [3.05, 3.63) is 28.8 Å². The number of phenolic OH excluding ortho intramolecular Hbond substituents is 1. The standard InChI is InChI=1S/C12H18ClNO2/c1-2-11(5-6-15)14-8-9-7-10(13)3-4-12(9)16/h3-4,7,11,14-16H,2,5-6,8H2,1H3. The van der Waals surface area contributed by atoms with Gasteiger partial charge in [0, 0.05) is 29.8 Å². The zero-order valence-corrected chi connectivity index (χ0v) is 10.2. The van der Waals surface area contributed by atoms with E-state index in [2.05, 4.69) is 12.2 Å². The maximum absolute atomic E-state index is 9.60. The highest BCUT2D eigenvalue weighted by atomic mass is 35.5. The molecule has 0 saturated carbocycles. The Morgan fingerprint density at radius 1 is 1.44 bits per heavy atom. The van der Waals surface area contributed by atoms with E-state index >= 15 is 0 Å². The second-order valence-electron chi connectivity index (χ2n) is 3.77. The topological polar surface area (TPSA) is 52.5 Å². The fourth-order valence-corrected chi connectivity index (χ4v) is 1.75. The van der Waals surface area contributed by atoms with Gasteiger partial charge in [-0.25, -0.2) is 0 Å². The number of phenols is 1. The highest BCUT2D eigenvalue weighted by molar-refractivity contribution is 6.30. The van der Waals surface area contributed by atoms with E-state index in [9.17, 15) is 5.11 Å². The van der Waals surface area contributed by atoms with Crippen molar-refractivity contribution in [2.75, 3.05) is 6.61 Å². The Labute approximate surface area is 101 Å². The molecule has 4 heteroatoms. The number of halogens is 1. The van der Waals surface area contributed by atoms with Crippen LogP contribution in [0.2, 0.25) is 5.02 Å². The minimum atomic E-state index is 0.174. The molecule has 0 aliphatic heterocycles. The predicted octanol–water partition coefficient (Wildman–Crippen LogP) is 2.30. The van der Waals surface area contributed by atoms with Crippen molar-refractivity contribution in [2.24, 2.45) is 0 Å². The van der Waals surface area contributed by atoms with E-state index in [4.69, 9.17) is 16.7 Å². The van der Waals surface area contributed by atoms with Crippen LogP contribution in [0.15, 0.2) is 18.2 Å². The Morgan fingerprint density at radius 3 is 2.81 bits per heavy atom. The van der Waals surface area contributed by atoms with E-state index in [-0.39, 0.29) is 18.4 Å². The molecule has 1 unspecified atom stereocenters. The third-order valence-electron chi connectivity index (χ3n) is 2.59. The van der Waals surface area contributed by atoms with Gasteiger partial charge >= 0.3 is 0 Å². The number of hydrogen-bond donors (Lipinski definition) is 3. The first-order valence-electron chi connectivity index (χ1n) is 5.49. The van der Waals surface area contributed by atoms with Gasteiger partial charge in [-0.2, -0.15) is 0 Å². The van der Waals surface area contributed by atoms with Gasteiger partial charge in [0.05, 0.1) is 0 Å². The number of aromatic hydroxyl groups is 1. The van der Waals surface area contributed by atoms with Crippen LogP contribution in [0.5, 0.6) is 5.75 Å². The molecule has 0 amide bonds. The third kappa shape index (κ3) is 4.00. The van der Waals surface area contributed by atoms with Gasteiger partial charge in [0.15, 0.2) is 0 Å². The molecular formula is C12H18ClNO2. The largest absolute Gasteiger partial charge is 0.508 e. The highest BCUT2D eigenvalue weighted by Gasteiger charge is 2.07. The van der Waals surface area contributed by atoms with Crippen molar-refractivity contribution < 1.29 is 10.2 Å². The molecule has 3 nitrogen and oxygen atoms in total. The van der Waals surface area contributed by atoms with Crippen LogP contribution in [-0.2, 0) is 6.54 Å². The van der Waals surface area contributed by atoms with Gasteiger partial charge in [0.2, 0.25) is 0 Å². The molecule has 0 fully saturated rings. The molecule has 0 aliphatic rings. The van der Waals surface area contributed by atoms with Crippen LogP contribution in [0, 0.1) is 0 Å².